The molecule has 1 aliphatic carbocycles. The Hall–Kier alpha value is -1.59. The van der Waals surface area contributed by atoms with E-state index in [-0.39, 0.29) is 12.5 Å². The molecule has 0 unspecified atom stereocenters. The Morgan fingerprint density at radius 2 is 1.81 bits per heavy atom. The lowest BCUT2D eigenvalue weighted by Gasteiger charge is -2.35. The van der Waals surface area contributed by atoms with Crippen LogP contribution < -0.4 is 4.74 Å². The quantitative estimate of drug-likeness (QED) is 0.896. The van der Waals surface area contributed by atoms with Gasteiger partial charge in [-0.1, -0.05) is 18.9 Å². The molecule has 1 aromatic carbocycles. The molecule has 0 spiro atoms. The molecule has 144 valence electrons. The van der Waals surface area contributed by atoms with Crippen LogP contribution in [0.5, 0.6) is 5.75 Å². The molecule has 26 heavy (non-hydrogen) atoms. The van der Waals surface area contributed by atoms with Crippen molar-refractivity contribution in [3.05, 3.63) is 29.3 Å². The molecule has 5 nitrogen and oxygen atoms in total. The molecule has 1 aromatic rings. The number of benzene rings is 1. The van der Waals surface area contributed by atoms with Crippen LogP contribution in [-0.2, 0) is 4.79 Å². The van der Waals surface area contributed by atoms with Crippen molar-refractivity contribution in [2.75, 3.05) is 32.8 Å². The molecule has 0 bridgehead atoms. The van der Waals surface area contributed by atoms with E-state index in [4.69, 9.17) is 4.74 Å². The minimum absolute atomic E-state index is 0.0168. The van der Waals surface area contributed by atoms with Crippen LogP contribution >= 0.6 is 0 Å². The lowest BCUT2D eigenvalue weighted by Crippen LogP contribution is -2.53. The molecule has 2 aliphatic rings. The maximum atomic E-state index is 12.0. The van der Waals surface area contributed by atoms with Crippen molar-refractivity contribution < 1.29 is 14.6 Å². The van der Waals surface area contributed by atoms with Crippen LogP contribution in [0.15, 0.2) is 18.2 Å². The van der Waals surface area contributed by atoms with Crippen LogP contribution in [0.4, 0.5) is 0 Å². The van der Waals surface area contributed by atoms with Crippen molar-refractivity contribution in [3.63, 3.8) is 0 Å². The Labute approximate surface area is 156 Å². The molecule has 0 aromatic heterocycles. The molecule has 1 atom stereocenters. The summed E-state index contributed by atoms with van der Waals surface area (Å²) in [4.78, 5) is 16.1. The van der Waals surface area contributed by atoms with Crippen molar-refractivity contribution >= 4 is 5.91 Å². The van der Waals surface area contributed by atoms with Crippen LogP contribution in [0.3, 0.4) is 0 Å². The topological polar surface area (TPSA) is 53.0 Å². The van der Waals surface area contributed by atoms with E-state index in [1.807, 2.05) is 26.0 Å². The van der Waals surface area contributed by atoms with E-state index < -0.39 is 5.60 Å². The van der Waals surface area contributed by atoms with Gasteiger partial charge in [0, 0.05) is 32.6 Å². The third-order valence-electron chi connectivity index (χ3n) is 5.63. The Morgan fingerprint density at radius 1 is 1.15 bits per heavy atom. The number of amides is 1. The SMILES string of the molecule is CC(=O)N1CCN(C2CCCC2)C[C@](O)(COc2cc(C)cc(C)c2)C1. The predicted octanol–water partition coefficient (Wildman–Crippen LogP) is 2.52. The van der Waals surface area contributed by atoms with Crippen molar-refractivity contribution in [2.45, 2.75) is 58.1 Å². The van der Waals surface area contributed by atoms with Crippen LogP contribution in [-0.4, -0.2) is 65.2 Å². The minimum atomic E-state index is -1.05. The number of nitrogens with zero attached hydrogens (tertiary/aromatic N) is 2. The van der Waals surface area contributed by atoms with E-state index in [0.717, 1.165) is 23.4 Å². The van der Waals surface area contributed by atoms with Gasteiger partial charge in [-0.05, 0) is 49.9 Å². The van der Waals surface area contributed by atoms with E-state index in [1.165, 1.54) is 25.7 Å². The zero-order valence-electron chi connectivity index (χ0n) is 16.3. The molecule has 3 rings (SSSR count). The minimum Gasteiger partial charge on any atom is -0.490 e. The first-order valence-corrected chi connectivity index (χ1v) is 9.78. The normalized spacial score (nSPS) is 25.3. The Morgan fingerprint density at radius 3 is 2.42 bits per heavy atom. The monoisotopic (exact) mass is 360 g/mol. The van der Waals surface area contributed by atoms with Gasteiger partial charge in [-0.3, -0.25) is 9.69 Å². The van der Waals surface area contributed by atoms with Crippen LogP contribution in [0, 0.1) is 13.8 Å². The average Bonchev–Trinajstić information content (AvgIpc) is 3.03. The summed E-state index contributed by atoms with van der Waals surface area (Å²) < 4.78 is 5.99. The van der Waals surface area contributed by atoms with E-state index >= 15 is 0 Å². The summed E-state index contributed by atoms with van der Waals surface area (Å²) >= 11 is 0. The van der Waals surface area contributed by atoms with Gasteiger partial charge < -0.3 is 14.7 Å². The third-order valence-corrected chi connectivity index (χ3v) is 5.63. The first kappa shape index (κ1) is 19.2. The van der Waals surface area contributed by atoms with Gasteiger partial charge in [0.25, 0.3) is 0 Å². The molecular weight excluding hydrogens is 328 g/mol. The van der Waals surface area contributed by atoms with E-state index in [0.29, 0.717) is 25.7 Å². The first-order valence-electron chi connectivity index (χ1n) is 9.78. The van der Waals surface area contributed by atoms with Gasteiger partial charge in [-0.15, -0.1) is 0 Å². The lowest BCUT2D eigenvalue weighted by atomic mass is 10.0. The molecule has 1 saturated carbocycles. The molecule has 1 aliphatic heterocycles. The smallest absolute Gasteiger partial charge is 0.219 e. The third kappa shape index (κ3) is 4.77. The van der Waals surface area contributed by atoms with Crippen molar-refractivity contribution in [3.8, 4) is 5.75 Å². The van der Waals surface area contributed by atoms with Crippen molar-refractivity contribution in [1.29, 1.82) is 0 Å². The predicted molar refractivity (Wildman–Crippen MR) is 102 cm³/mol. The number of rotatable bonds is 4. The van der Waals surface area contributed by atoms with Crippen molar-refractivity contribution in [1.82, 2.24) is 9.80 Å². The maximum Gasteiger partial charge on any atom is 0.219 e. The largest absolute Gasteiger partial charge is 0.490 e. The second kappa shape index (κ2) is 7.97. The van der Waals surface area contributed by atoms with E-state index in [2.05, 4.69) is 11.0 Å². The number of hydrogen-bond donors (Lipinski definition) is 1. The second-order valence-corrected chi connectivity index (χ2v) is 8.19. The summed E-state index contributed by atoms with van der Waals surface area (Å²) in [6.07, 6.45) is 4.90. The maximum absolute atomic E-state index is 12.0. The molecule has 1 heterocycles. The fraction of sp³-hybridized carbons (Fsp3) is 0.667. The number of carbonyl (C=O) groups is 1. The average molecular weight is 360 g/mol. The summed E-state index contributed by atoms with van der Waals surface area (Å²) in [5.74, 6) is 0.796. The summed E-state index contributed by atoms with van der Waals surface area (Å²) in [6, 6.07) is 6.61. The second-order valence-electron chi connectivity index (χ2n) is 8.19. The van der Waals surface area contributed by atoms with Gasteiger partial charge in [0.15, 0.2) is 0 Å². The fourth-order valence-corrected chi connectivity index (χ4v) is 4.37. The Balaban J connectivity index is 1.74. The Bertz CT molecular complexity index is 622. The van der Waals surface area contributed by atoms with E-state index in [9.17, 15) is 9.90 Å². The summed E-state index contributed by atoms with van der Waals surface area (Å²) in [5, 5.41) is 11.3. The molecule has 2 fully saturated rings. The van der Waals surface area contributed by atoms with Gasteiger partial charge in [0.1, 0.15) is 18.0 Å². The summed E-state index contributed by atoms with van der Waals surface area (Å²) in [6.45, 7) is 8.26. The first-order chi connectivity index (χ1) is 12.3. The van der Waals surface area contributed by atoms with Gasteiger partial charge in [0.05, 0.1) is 6.54 Å². The number of β-amino-alcohol motifs (C(OH)–C–C–N with tert-alkyl or cyclic N) is 1. The zero-order valence-corrected chi connectivity index (χ0v) is 16.3. The highest BCUT2D eigenvalue weighted by Gasteiger charge is 2.39. The van der Waals surface area contributed by atoms with Gasteiger partial charge in [0.2, 0.25) is 5.91 Å². The summed E-state index contributed by atoms with van der Waals surface area (Å²) in [5.41, 5.74) is 1.24. The summed E-state index contributed by atoms with van der Waals surface area (Å²) in [7, 11) is 0. The highest BCUT2D eigenvalue weighted by molar-refractivity contribution is 5.73. The van der Waals surface area contributed by atoms with Crippen molar-refractivity contribution in [2.24, 2.45) is 0 Å². The molecule has 1 saturated heterocycles. The van der Waals surface area contributed by atoms with Gasteiger partial charge >= 0.3 is 0 Å². The zero-order chi connectivity index (χ0) is 18.7. The van der Waals surface area contributed by atoms with Gasteiger partial charge in [-0.25, -0.2) is 0 Å². The molecule has 1 N–H and O–H groups in total. The number of ether oxygens (including phenoxy) is 1. The van der Waals surface area contributed by atoms with Gasteiger partial charge in [-0.2, -0.15) is 0 Å². The standard InChI is InChI=1S/C21H32N2O3/c1-16-10-17(2)12-20(11-16)26-15-21(25)13-22(18(3)24)8-9-23(14-21)19-6-4-5-7-19/h10-12,19,25H,4-9,13-15H2,1-3H3/t21-/m0/s1. The number of hydrogen-bond acceptors (Lipinski definition) is 4. The van der Waals surface area contributed by atoms with Crippen LogP contribution in [0.2, 0.25) is 0 Å². The molecule has 0 radical (unpaired) electrons. The Kier molecular flexibility index (Phi) is 5.88. The number of carbonyl (C=O) groups excluding carboxylic acids is 1. The molecule has 1 amide bonds. The molecule has 5 heteroatoms. The van der Waals surface area contributed by atoms with E-state index in [1.54, 1.807) is 11.8 Å². The fourth-order valence-electron chi connectivity index (χ4n) is 4.37. The number of aryl methyl sites for hydroxylation is 2. The highest BCUT2D eigenvalue weighted by atomic mass is 16.5. The molecular formula is C21H32N2O3. The lowest BCUT2D eigenvalue weighted by molar-refractivity contribution is -0.132. The van der Waals surface area contributed by atoms with Crippen LogP contribution in [0.25, 0.3) is 0 Å². The highest BCUT2D eigenvalue weighted by Crippen LogP contribution is 2.27. The number of aliphatic hydroxyl groups is 1. The van der Waals surface area contributed by atoms with Crippen LogP contribution in [0.1, 0.15) is 43.7 Å².